The topological polar surface area (TPSA) is 35.9 Å². The summed E-state index contributed by atoms with van der Waals surface area (Å²) in [4.78, 5) is 20.5. The van der Waals surface area contributed by atoms with Crippen molar-refractivity contribution in [3.8, 4) is 0 Å². The first-order chi connectivity index (χ1) is 10.1. The van der Waals surface area contributed by atoms with Gasteiger partial charge in [0.25, 0.3) is 0 Å². The molecule has 2 aliphatic rings. The lowest BCUT2D eigenvalue weighted by Crippen LogP contribution is -2.48. The average molecular weight is 344 g/mol. The van der Waals surface area contributed by atoms with E-state index in [0.717, 1.165) is 23.8 Å². The number of halogens is 2. The molecule has 2 fully saturated rings. The number of nitrogens with zero attached hydrogens (tertiary/aromatic N) is 3. The van der Waals surface area contributed by atoms with Crippen molar-refractivity contribution in [2.45, 2.75) is 32.0 Å². The lowest BCUT2D eigenvalue weighted by atomic mass is 10.2. The zero-order valence-electron chi connectivity index (χ0n) is 12.5. The van der Waals surface area contributed by atoms with Crippen LogP contribution in [-0.2, 0) is 4.79 Å². The monoisotopic (exact) mass is 343 g/mol. The van der Waals surface area contributed by atoms with Gasteiger partial charge in [0.1, 0.15) is 12.0 Å². The van der Waals surface area contributed by atoms with Crippen LogP contribution in [0.1, 0.15) is 19.8 Å². The summed E-state index contributed by atoms with van der Waals surface area (Å²) in [6.07, 6.45) is 2.25. The minimum atomic E-state index is -0.299. The van der Waals surface area contributed by atoms with Crippen molar-refractivity contribution in [2.24, 2.45) is 4.99 Å². The number of amides is 1. The highest BCUT2D eigenvalue weighted by Gasteiger charge is 2.35. The summed E-state index contributed by atoms with van der Waals surface area (Å²) in [7, 11) is 1.96. The van der Waals surface area contributed by atoms with Gasteiger partial charge in [-0.25, -0.2) is 4.39 Å². The fraction of sp³-hybridized carbons (Fsp3) is 0.467. The Morgan fingerprint density at radius 3 is 2.55 bits per heavy atom. The molecule has 1 aliphatic heterocycles. The Bertz CT molecular complexity index is 577. The molecular formula is C15H19ClFN3OS. The Balaban J connectivity index is 0.00000176. The van der Waals surface area contributed by atoms with Crippen molar-refractivity contribution in [1.82, 2.24) is 4.90 Å². The van der Waals surface area contributed by atoms with Crippen molar-refractivity contribution in [3.63, 3.8) is 0 Å². The number of hydrogen-bond donors (Lipinski definition) is 0. The summed E-state index contributed by atoms with van der Waals surface area (Å²) in [6, 6.07) is 6.51. The summed E-state index contributed by atoms with van der Waals surface area (Å²) in [5.41, 5.74) is 0.717. The number of aliphatic imine (C=N–C) groups is 1. The van der Waals surface area contributed by atoms with Crippen molar-refractivity contribution < 1.29 is 9.18 Å². The predicted octanol–water partition coefficient (Wildman–Crippen LogP) is 3.12. The molecule has 22 heavy (non-hydrogen) atoms. The largest absolute Gasteiger partial charge is 0.333 e. The van der Waals surface area contributed by atoms with Crippen LogP contribution in [0.3, 0.4) is 0 Å². The molecule has 7 heteroatoms. The van der Waals surface area contributed by atoms with Gasteiger partial charge in [-0.15, -0.1) is 12.4 Å². The molecule has 1 saturated carbocycles. The molecular weight excluding hydrogens is 325 g/mol. The van der Waals surface area contributed by atoms with Crippen LogP contribution in [0.15, 0.2) is 29.3 Å². The quantitative estimate of drug-likeness (QED) is 0.846. The molecule has 0 spiro atoms. The molecule has 0 N–H and O–H groups in total. The van der Waals surface area contributed by atoms with Crippen LogP contribution in [0.2, 0.25) is 0 Å². The van der Waals surface area contributed by atoms with E-state index in [9.17, 15) is 9.18 Å². The van der Waals surface area contributed by atoms with Crippen LogP contribution < -0.4 is 4.90 Å². The molecule has 1 heterocycles. The maximum absolute atomic E-state index is 13.1. The van der Waals surface area contributed by atoms with Crippen molar-refractivity contribution >= 4 is 40.9 Å². The first-order valence-electron chi connectivity index (χ1n) is 7.05. The second-order valence-electron chi connectivity index (χ2n) is 5.41. The SMILES string of the molecule is CC(=O)N(c1ccc(F)cc1)C1CSC(=NC2CC2)N1C.Cl. The number of anilines is 1. The first kappa shape index (κ1) is 17.1. The van der Waals surface area contributed by atoms with Crippen molar-refractivity contribution in [3.05, 3.63) is 30.1 Å². The molecule has 1 unspecified atom stereocenters. The highest BCUT2D eigenvalue weighted by molar-refractivity contribution is 8.14. The predicted molar refractivity (Wildman–Crippen MR) is 91.3 cm³/mol. The maximum Gasteiger partial charge on any atom is 0.225 e. The maximum atomic E-state index is 13.1. The van der Waals surface area contributed by atoms with Gasteiger partial charge in [-0.05, 0) is 37.1 Å². The van der Waals surface area contributed by atoms with Crippen molar-refractivity contribution in [1.29, 1.82) is 0 Å². The Hall–Kier alpha value is -1.27. The Labute approximate surface area is 140 Å². The van der Waals surface area contributed by atoms with E-state index in [1.165, 1.54) is 19.1 Å². The van der Waals surface area contributed by atoms with E-state index < -0.39 is 0 Å². The van der Waals surface area contributed by atoms with E-state index in [0.29, 0.717) is 11.7 Å². The zero-order chi connectivity index (χ0) is 15.0. The van der Waals surface area contributed by atoms with Crippen LogP contribution in [-0.4, -0.2) is 41.0 Å². The third-order valence-corrected chi connectivity index (χ3v) is 4.81. The first-order valence-corrected chi connectivity index (χ1v) is 8.03. The van der Waals surface area contributed by atoms with E-state index in [-0.39, 0.29) is 30.3 Å². The lowest BCUT2D eigenvalue weighted by molar-refractivity contribution is -0.117. The van der Waals surface area contributed by atoms with Gasteiger partial charge in [0.05, 0.1) is 6.04 Å². The van der Waals surface area contributed by atoms with Gasteiger partial charge >= 0.3 is 0 Å². The van der Waals surface area contributed by atoms with Gasteiger partial charge in [0.15, 0.2) is 5.17 Å². The van der Waals surface area contributed by atoms with Crippen molar-refractivity contribution in [2.75, 3.05) is 17.7 Å². The molecule has 1 saturated heterocycles. The van der Waals surface area contributed by atoms with Crippen LogP contribution in [0.25, 0.3) is 0 Å². The second-order valence-corrected chi connectivity index (χ2v) is 6.40. The molecule has 1 aliphatic carbocycles. The molecule has 1 amide bonds. The fourth-order valence-electron chi connectivity index (χ4n) is 2.39. The molecule has 0 aromatic heterocycles. The van der Waals surface area contributed by atoms with E-state index in [1.54, 1.807) is 28.8 Å². The molecule has 0 bridgehead atoms. The highest BCUT2D eigenvalue weighted by Crippen LogP contribution is 2.32. The molecule has 3 rings (SSSR count). The van der Waals surface area contributed by atoms with Gasteiger partial charge in [0, 0.05) is 25.4 Å². The van der Waals surface area contributed by atoms with Crippen LogP contribution in [0, 0.1) is 5.82 Å². The molecule has 1 atom stereocenters. The second kappa shape index (κ2) is 6.87. The average Bonchev–Trinajstić information content (AvgIpc) is 3.20. The van der Waals surface area contributed by atoms with E-state index in [2.05, 4.69) is 4.99 Å². The number of carbonyl (C=O) groups is 1. The standard InChI is InChI=1S/C15H18FN3OS.ClH/c1-10(20)19(13-7-3-11(16)4-8-13)14-9-21-15(18(14)2)17-12-5-6-12;/h3-4,7-8,12,14H,5-6,9H2,1-2H3;1H. The Morgan fingerprint density at radius 2 is 2.00 bits per heavy atom. The van der Waals surface area contributed by atoms with Gasteiger partial charge < -0.3 is 4.90 Å². The van der Waals surface area contributed by atoms with Crippen LogP contribution >= 0.6 is 24.2 Å². The molecule has 4 nitrogen and oxygen atoms in total. The molecule has 1 aromatic rings. The summed E-state index contributed by atoms with van der Waals surface area (Å²) in [5, 5.41) is 0.996. The van der Waals surface area contributed by atoms with E-state index in [1.807, 2.05) is 11.9 Å². The molecule has 0 radical (unpaired) electrons. The van der Waals surface area contributed by atoms with Gasteiger partial charge in [-0.1, -0.05) is 11.8 Å². The summed E-state index contributed by atoms with van der Waals surface area (Å²) in [5.74, 6) is 0.429. The Kier molecular flexibility index (Phi) is 5.34. The van der Waals surface area contributed by atoms with Crippen LogP contribution in [0.4, 0.5) is 10.1 Å². The summed E-state index contributed by atoms with van der Waals surface area (Å²) in [6.45, 7) is 1.54. The normalized spacial score (nSPS) is 22.6. The lowest BCUT2D eigenvalue weighted by Gasteiger charge is -2.32. The number of rotatable bonds is 3. The van der Waals surface area contributed by atoms with E-state index >= 15 is 0 Å². The number of benzene rings is 1. The number of thioether (sulfide) groups is 1. The minimum absolute atomic E-state index is 0. The highest BCUT2D eigenvalue weighted by atomic mass is 35.5. The third kappa shape index (κ3) is 3.55. The third-order valence-electron chi connectivity index (χ3n) is 3.69. The fourth-order valence-corrected chi connectivity index (χ4v) is 3.61. The number of carbonyl (C=O) groups excluding carboxylic acids is 1. The number of hydrogen-bond acceptors (Lipinski definition) is 3. The summed E-state index contributed by atoms with van der Waals surface area (Å²) >= 11 is 1.68. The minimum Gasteiger partial charge on any atom is -0.333 e. The van der Waals surface area contributed by atoms with Gasteiger partial charge in [-0.3, -0.25) is 14.7 Å². The number of amidine groups is 1. The van der Waals surface area contributed by atoms with E-state index in [4.69, 9.17) is 0 Å². The van der Waals surface area contributed by atoms with Gasteiger partial charge in [-0.2, -0.15) is 0 Å². The van der Waals surface area contributed by atoms with Crippen LogP contribution in [0.5, 0.6) is 0 Å². The molecule has 1 aromatic carbocycles. The zero-order valence-corrected chi connectivity index (χ0v) is 14.2. The summed E-state index contributed by atoms with van der Waals surface area (Å²) < 4.78 is 13.1. The smallest absolute Gasteiger partial charge is 0.225 e. The molecule has 120 valence electrons. The van der Waals surface area contributed by atoms with Gasteiger partial charge in [0.2, 0.25) is 5.91 Å². The Morgan fingerprint density at radius 1 is 1.36 bits per heavy atom.